The third-order valence-electron chi connectivity index (χ3n) is 2.95. The van der Waals surface area contributed by atoms with Crippen LogP contribution in [-0.4, -0.2) is 11.1 Å². The first-order valence-electron chi connectivity index (χ1n) is 5.98. The van der Waals surface area contributed by atoms with Gasteiger partial charge in [0.15, 0.2) is 0 Å². The molecule has 0 bridgehead atoms. The molecular weight excluding hydrogens is 335 g/mol. The summed E-state index contributed by atoms with van der Waals surface area (Å²) in [7, 11) is 0. The summed E-state index contributed by atoms with van der Waals surface area (Å²) >= 11 is 17.8. The van der Waals surface area contributed by atoms with E-state index in [2.05, 4.69) is 0 Å². The molecule has 2 aromatic rings. The second kappa shape index (κ2) is 6.56. The normalized spacial score (nSPS) is 10.5. The lowest BCUT2D eigenvalue weighted by molar-refractivity contribution is 0.0696. The standard InChI is InChI=1S/C15H11Cl3O3/c1-8-4-9(15(19)20)2-3-10(8)7-21-14-6-12(17)11(16)5-13(14)18/h2-6H,7H2,1H3,(H,19,20). The molecule has 0 aromatic heterocycles. The van der Waals surface area contributed by atoms with E-state index in [-0.39, 0.29) is 12.2 Å². The number of hydrogen-bond acceptors (Lipinski definition) is 2. The highest BCUT2D eigenvalue weighted by molar-refractivity contribution is 6.43. The topological polar surface area (TPSA) is 46.5 Å². The maximum atomic E-state index is 10.9. The molecule has 0 radical (unpaired) electrons. The number of hydrogen-bond donors (Lipinski definition) is 1. The maximum Gasteiger partial charge on any atom is 0.335 e. The Balaban J connectivity index is 2.17. The molecule has 110 valence electrons. The number of carboxylic acids is 1. The molecule has 0 aliphatic carbocycles. The summed E-state index contributed by atoms with van der Waals surface area (Å²) in [5.41, 5.74) is 1.93. The van der Waals surface area contributed by atoms with Crippen molar-refractivity contribution in [2.24, 2.45) is 0 Å². The van der Waals surface area contributed by atoms with Crippen LogP contribution in [0.3, 0.4) is 0 Å². The number of benzene rings is 2. The minimum Gasteiger partial charge on any atom is -0.487 e. The van der Waals surface area contributed by atoms with Gasteiger partial charge in [0.05, 0.1) is 20.6 Å². The Bertz CT molecular complexity index is 699. The SMILES string of the molecule is Cc1cc(C(=O)O)ccc1COc1cc(Cl)c(Cl)cc1Cl. The molecule has 0 saturated heterocycles. The lowest BCUT2D eigenvalue weighted by Crippen LogP contribution is -2.02. The van der Waals surface area contributed by atoms with Crippen LogP contribution in [0.15, 0.2) is 30.3 Å². The summed E-state index contributed by atoms with van der Waals surface area (Å²) in [4.78, 5) is 10.9. The highest BCUT2D eigenvalue weighted by atomic mass is 35.5. The number of aryl methyl sites for hydroxylation is 1. The molecule has 0 spiro atoms. The summed E-state index contributed by atoms with van der Waals surface area (Å²) in [6.07, 6.45) is 0. The summed E-state index contributed by atoms with van der Waals surface area (Å²) in [5, 5.41) is 10.0. The summed E-state index contributed by atoms with van der Waals surface area (Å²) in [6.45, 7) is 2.07. The quantitative estimate of drug-likeness (QED) is 0.772. The second-order valence-electron chi connectivity index (χ2n) is 4.43. The zero-order valence-electron chi connectivity index (χ0n) is 11.0. The van der Waals surface area contributed by atoms with Gasteiger partial charge in [-0.2, -0.15) is 0 Å². The Morgan fingerprint density at radius 2 is 1.76 bits per heavy atom. The van der Waals surface area contributed by atoms with E-state index in [1.165, 1.54) is 12.1 Å². The molecule has 0 aliphatic rings. The summed E-state index contributed by atoms with van der Waals surface area (Å²) in [6, 6.07) is 7.90. The minimum atomic E-state index is -0.960. The molecule has 0 heterocycles. The van der Waals surface area contributed by atoms with Gasteiger partial charge >= 0.3 is 5.97 Å². The van der Waals surface area contributed by atoms with Crippen LogP contribution in [0.5, 0.6) is 5.75 Å². The van der Waals surface area contributed by atoms with E-state index in [0.717, 1.165) is 11.1 Å². The van der Waals surface area contributed by atoms with Crippen LogP contribution in [0, 0.1) is 6.92 Å². The molecular formula is C15H11Cl3O3. The largest absolute Gasteiger partial charge is 0.487 e. The van der Waals surface area contributed by atoms with Crippen molar-refractivity contribution in [1.29, 1.82) is 0 Å². The average molecular weight is 346 g/mol. The molecule has 0 unspecified atom stereocenters. The van der Waals surface area contributed by atoms with Crippen molar-refractivity contribution in [1.82, 2.24) is 0 Å². The molecule has 0 aliphatic heterocycles. The van der Waals surface area contributed by atoms with Crippen molar-refractivity contribution in [3.05, 3.63) is 62.1 Å². The zero-order chi connectivity index (χ0) is 15.6. The van der Waals surface area contributed by atoms with Gasteiger partial charge in [0, 0.05) is 6.07 Å². The molecule has 3 nitrogen and oxygen atoms in total. The van der Waals surface area contributed by atoms with E-state index in [9.17, 15) is 4.79 Å². The van der Waals surface area contributed by atoms with E-state index in [1.807, 2.05) is 6.92 Å². The second-order valence-corrected chi connectivity index (χ2v) is 5.65. The third kappa shape index (κ3) is 3.82. The Labute approximate surface area is 137 Å². The number of aromatic carboxylic acids is 1. The molecule has 6 heteroatoms. The zero-order valence-corrected chi connectivity index (χ0v) is 13.3. The highest BCUT2D eigenvalue weighted by Gasteiger charge is 2.09. The predicted molar refractivity (Wildman–Crippen MR) is 83.9 cm³/mol. The molecule has 21 heavy (non-hydrogen) atoms. The first-order valence-corrected chi connectivity index (χ1v) is 7.12. The number of halogens is 3. The van der Waals surface area contributed by atoms with Crippen LogP contribution in [-0.2, 0) is 6.61 Å². The van der Waals surface area contributed by atoms with E-state index < -0.39 is 5.97 Å². The summed E-state index contributed by atoms with van der Waals surface area (Å²) < 4.78 is 5.62. The van der Waals surface area contributed by atoms with Gasteiger partial charge in [-0.1, -0.05) is 40.9 Å². The Kier molecular flexibility index (Phi) is 4.99. The van der Waals surface area contributed by atoms with Gasteiger partial charge in [0.2, 0.25) is 0 Å². The van der Waals surface area contributed by atoms with Crippen molar-refractivity contribution in [3.8, 4) is 5.75 Å². The van der Waals surface area contributed by atoms with Crippen molar-refractivity contribution in [2.75, 3.05) is 0 Å². The predicted octanol–water partition coefficient (Wildman–Crippen LogP) is 5.23. The van der Waals surface area contributed by atoms with Crippen LogP contribution >= 0.6 is 34.8 Å². The fraction of sp³-hybridized carbons (Fsp3) is 0.133. The number of ether oxygens (including phenoxy) is 1. The van der Waals surface area contributed by atoms with Crippen LogP contribution < -0.4 is 4.74 Å². The van der Waals surface area contributed by atoms with Crippen LogP contribution in [0.1, 0.15) is 21.5 Å². The van der Waals surface area contributed by atoms with Crippen LogP contribution in [0.25, 0.3) is 0 Å². The lowest BCUT2D eigenvalue weighted by Gasteiger charge is -2.11. The van der Waals surface area contributed by atoms with Crippen molar-refractivity contribution >= 4 is 40.8 Å². The molecule has 2 aromatic carbocycles. The molecule has 0 fully saturated rings. The number of carbonyl (C=O) groups is 1. The Hall–Kier alpha value is -1.42. The monoisotopic (exact) mass is 344 g/mol. The minimum absolute atomic E-state index is 0.240. The Morgan fingerprint density at radius 3 is 2.38 bits per heavy atom. The van der Waals surface area contributed by atoms with Gasteiger partial charge < -0.3 is 9.84 Å². The van der Waals surface area contributed by atoms with Crippen LogP contribution in [0.2, 0.25) is 15.1 Å². The van der Waals surface area contributed by atoms with Gasteiger partial charge in [-0.15, -0.1) is 0 Å². The molecule has 0 amide bonds. The van der Waals surface area contributed by atoms with Gasteiger partial charge in [-0.3, -0.25) is 0 Å². The highest BCUT2D eigenvalue weighted by Crippen LogP contribution is 2.34. The van der Waals surface area contributed by atoms with Crippen LogP contribution in [0.4, 0.5) is 0 Å². The maximum absolute atomic E-state index is 10.9. The lowest BCUT2D eigenvalue weighted by atomic mass is 10.1. The molecule has 1 N–H and O–H groups in total. The molecule has 0 atom stereocenters. The number of rotatable bonds is 4. The van der Waals surface area contributed by atoms with Crippen molar-refractivity contribution < 1.29 is 14.6 Å². The van der Waals surface area contributed by atoms with E-state index >= 15 is 0 Å². The smallest absolute Gasteiger partial charge is 0.335 e. The van der Waals surface area contributed by atoms with E-state index in [1.54, 1.807) is 18.2 Å². The Morgan fingerprint density at radius 1 is 1.10 bits per heavy atom. The average Bonchev–Trinajstić information content (AvgIpc) is 2.42. The van der Waals surface area contributed by atoms with Gasteiger partial charge in [0.1, 0.15) is 12.4 Å². The fourth-order valence-corrected chi connectivity index (χ4v) is 2.35. The van der Waals surface area contributed by atoms with Gasteiger partial charge in [0.25, 0.3) is 0 Å². The van der Waals surface area contributed by atoms with Crippen molar-refractivity contribution in [2.45, 2.75) is 13.5 Å². The van der Waals surface area contributed by atoms with Crippen molar-refractivity contribution in [3.63, 3.8) is 0 Å². The summed E-state index contributed by atoms with van der Waals surface area (Å²) in [5.74, 6) is -0.536. The third-order valence-corrected chi connectivity index (χ3v) is 3.97. The first kappa shape index (κ1) is 16.0. The van der Waals surface area contributed by atoms with Gasteiger partial charge in [-0.05, 0) is 36.2 Å². The first-order chi connectivity index (χ1) is 9.88. The molecule has 0 saturated carbocycles. The van der Waals surface area contributed by atoms with Gasteiger partial charge in [-0.25, -0.2) is 4.79 Å². The van der Waals surface area contributed by atoms with E-state index in [0.29, 0.717) is 20.8 Å². The number of carboxylic acid groups (broad SMARTS) is 1. The molecule has 2 rings (SSSR count). The fourth-order valence-electron chi connectivity index (χ4n) is 1.76. The van der Waals surface area contributed by atoms with E-state index in [4.69, 9.17) is 44.6 Å².